The Kier molecular flexibility index (Phi) is 5.41. The van der Waals surface area contributed by atoms with Crippen LogP contribution in [0.3, 0.4) is 0 Å². The molecule has 0 saturated carbocycles. The van der Waals surface area contributed by atoms with E-state index in [1.807, 2.05) is 24.4 Å². The first-order valence-electron chi connectivity index (χ1n) is 6.65. The van der Waals surface area contributed by atoms with Crippen molar-refractivity contribution in [1.82, 2.24) is 10.3 Å². The normalized spacial score (nSPS) is 14.0. The van der Waals surface area contributed by atoms with Crippen LogP contribution in [-0.4, -0.2) is 11.0 Å². The molecule has 1 heterocycles. The minimum atomic E-state index is 0.300. The lowest BCUT2D eigenvalue weighted by Crippen LogP contribution is -2.30. The Balaban J connectivity index is 1.99. The Labute approximate surface area is 130 Å². The second-order valence-electron chi connectivity index (χ2n) is 4.99. The third kappa shape index (κ3) is 3.95. The maximum absolute atomic E-state index is 6.26. The van der Waals surface area contributed by atoms with Crippen molar-refractivity contribution in [2.75, 3.05) is 0 Å². The molecule has 2 atom stereocenters. The van der Waals surface area contributed by atoms with Gasteiger partial charge in [-0.25, -0.2) is 0 Å². The first-order valence-corrected chi connectivity index (χ1v) is 7.40. The molecular weight excluding hydrogens is 291 g/mol. The van der Waals surface area contributed by atoms with E-state index in [9.17, 15) is 0 Å². The molecule has 2 rings (SSSR count). The van der Waals surface area contributed by atoms with Gasteiger partial charge in [0.05, 0.1) is 0 Å². The summed E-state index contributed by atoms with van der Waals surface area (Å²) in [5.74, 6) is 0.302. The van der Waals surface area contributed by atoms with E-state index >= 15 is 0 Å². The molecule has 0 aliphatic carbocycles. The van der Waals surface area contributed by atoms with Gasteiger partial charge in [-0.1, -0.05) is 42.3 Å². The molecule has 4 heteroatoms. The van der Waals surface area contributed by atoms with Gasteiger partial charge in [-0.2, -0.15) is 0 Å². The van der Waals surface area contributed by atoms with Gasteiger partial charge in [0.2, 0.25) is 0 Å². The van der Waals surface area contributed by atoms with Crippen molar-refractivity contribution in [3.63, 3.8) is 0 Å². The zero-order valence-corrected chi connectivity index (χ0v) is 13.1. The van der Waals surface area contributed by atoms with Crippen molar-refractivity contribution in [1.29, 1.82) is 0 Å². The second-order valence-corrected chi connectivity index (χ2v) is 5.83. The molecule has 2 nitrogen and oxygen atoms in total. The summed E-state index contributed by atoms with van der Waals surface area (Å²) < 4.78 is 0. The molecule has 0 fully saturated rings. The first kappa shape index (κ1) is 15.3. The Hall–Kier alpha value is -1.09. The van der Waals surface area contributed by atoms with Gasteiger partial charge in [-0.15, -0.1) is 0 Å². The molecular formula is C16H18Cl2N2. The van der Waals surface area contributed by atoms with E-state index in [2.05, 4.69) is 30.2 Å². The Morgan fingerprint density at radius 2 is 2.00 bits per heavy atom. The molecule has 0 aliphatic rings. The summed E-state index contributed by atoms with van der Waals surface area (Å²) in [5.41, 5.74) is 2.29. The van der Waals surface area contributed by atoms with E-state index < -0.39 is 0 Å². The van der Waals surface area contributed by atoms with Crippen LogP contribution in [0.4, 0.5) is 0 Å². The highest BCUT2D eigenvalue weighted by Gasteiger charge is 2.16. The summed E-state index contributed by atoms with van der Waals surface area (Å²) in [6.45, 7) is 5.12. The third-order valence-electron chi connectivity index (χ3n) is 3.55. The van der Waals surface area contributed by atoms with E-state index in [4.69, 9.17) is 23.2 Å². The van der Waals surface area contributed by atoms with Crippen LogP contribution in [-0.2, 0) is 6.54 Å². The molecule has 1 aromatic carbocycles. The van der Waals surface area contributed by atoms with Gasteiger partial charge in [0.15, 0.2) is 0 Å². The summed E-state index contributed by atoms with van der Waals surface area (Å²) in [5, 5.41) is 4.90. The SMILES string of the molecule is CC(NCc1cccnc1)C(C)c1ccc(Cl)cc1Cl. The predicted molar refractivity (Wildman–Crippen MR) is 85.4 cm³/mol. The first-order chi connectivity index (χ1) is 9.58. The predicted octanol–water partition coefficient (Wildman–Crippen LogP) is 4.67. The summed E-state index contributed by atoms with van der Waals surface area (Å²) >= 11 is 12.2. The van der Waals surface area contributed by atoms with Crippen LogP contribution in [0.15, 0.2) is 42.7 Å². The van der Waals surface area contributed by atoms with Crippen molar-refractivity contribution in [2.45, 2.75) is 32.4 Å². The average Bonchev–Trinajstić information content (AvgIpc) is 2.45. The monoisotopic (exact) mass is 308 g/mol. The summed E-state index contributed by atoms with van der Waals surface area (Å²) in [6.07, 6.45) is 3.66. The number of nitrogens with one attached hydrogen (secondary N) is 1. The number of halogens is 2. The maximum Gasteiger partial charge on any atom is 0.0456 e. The number of benzene rings is 1. The van der Waals surface area contributed by atoms with E-state index in [1.54, 1.807) is 12.3 Å². The molecule has 0 aliphatic heterocycles. The number of hydrogen-bond acceptors (Lipinski definition) is 2. The van der Waals surface area contributed by atoms with E-state index in [1.165, 1.54) is 5.56 Å². The van der Waals surface area contributed by atoms with E-state index in [-0.39, 0.29) is 0 Å². The van der Waals surface area contributed by atoms with Gasteiger partial charge in [0, 0.05) is 35.0 Å². The lowest BCUT2D eigenvalue weighted by molar-refractivity contribution is 0.480. The molecule has 0 radical (unpaired) electrons. The quantitative estimate of drug-likeness (QED) is 0.868. The van der Waals surface area contributed by atoms with E-state index in [0.29, 0.717) is 17.0 Å². The largest absolute Gasteiger partial charge is 0.310 e. The number of rotatable bonds is 5. The summed E-state index contributed by atoms with van der Waals surface area (Å²) in [7, 11) is 0. The minimum absolute atomic E-state index is 0.300. The van der Waals surface area contributed by atoms with Gasteiger partial charge < -0.3 is 5.32 Å². The number of pyridine rings is 1. The molecule has 20 heavy (non-hydrogen) atoms. The Morgan fingerprint density at radius 3 is 2.65 bits per heavy atom. The standard InChI is InChI=1S/C16H18Cl2N2/c1-11(15-6-5-14(17)8-16(15)18)12(2)20-10-13-4-3-7-19-9-13/h3-9,11-12,20H,10H2,1-2H3. The number of nitrogens with zero attached hydrogens (tertiary/aromatic N) is 1. The van der Waals surface area contributed by atoms with Crippen LogP contribution in [0.1, 0.15) is 30.9 Å². The second kappa shape index (κ2) is 7.07. The fourth-order valence-electron chi connectivity index (χ4n) is 2.10. The number of hydrogen-bond donors (Lipinski definition) is 1. The van der Waals surface area contributed by atoms with Crippen LogP contribution in [0.5, 0.6) is 0 Å². The van der Waals surface area contributed by atoms with Gasteiger partial charge in [0.1, 0.15) is 0 Å². The molecule has 0 amide bonds. The highest BCUT2D eigenvalue weighted by atomic mass is 35.5. The third-order valence-corrected chi connectivity index (χ3v) is 4.12. The van der Waals surface area contributed by atoms with Crippen LogP contribution < -0.4 is 5.32 Å². The lowest BCUT2D eigenvalue weighted by Gasteiger charge is -2.23. The Bertz CT molecular complexity index is 558. The minimum Gasteiger partial charge on any atom is -0.310 e. The molecule has 0 spiro atoms. The fraction of sp³-hybridized carbons (Fsp3) is 0.312. The van der Waals surface area contributed by atoms with Crippen LogP contribution >= 0.6 is 23.2 Å². The molecule has 2 unspecified atom stereocenters. The van der Waals surface area contributed by atoms with Crippen molar-refractivity contribution in [3.05, 3.63) is 63.9 Å². The van der Waals surface area contributed by atoms with Crippen molar-refractivity contribution in [2.24, 2.45) is 0 Å². The molecule has 0 bridgehead atoms. The summed E-state index contributed by atoms with van der Waals surface area (Å²) in [4.78, 5) is 4.11. The maximum atomic E-state index is 6.26. The van der Waals surface area contributed by atoms with Gasteiger partial charge in [0.25, 0.3) is 0 Å². The molecule has 106 valence electrons. The van der Waals surface area contributed by atoms with Crippen molar-refractivity contribution >= 4 is 23.2 Å². The van der Waals surface area contributed by atoms with Gasteiger partial charge >= 0.3 is 0 Å². The molecule has 0 saturated heterocycles. The van der Waals surface area contributed by atoms with Crippen LogP contribution in [0, 0.1) is 0 Å². The topological polar surface area (TPSA) is 24.9 Å². The van der Waals surface area contributed by atoms with E-state index in [0.717, 1.165) is 17.1 Å². The lowest BCUT2D eigenvalue weighted by atomic mass is 9.94. The molecule has 1 N–H and O–H groups in total. The fourth-order valence-corrected chi connectivity index (χ4v) is 2.68. The zero-order chi connectivity index (χ0) is 14.5. The smallest absolute Gasteiger partial charge is 0.0456 e. The van der Waals surface area contributed by atoms with Gasteiger partial charge in [-0.05, 0) is 42.2 Å². The zero-order valence-electron chi connectivity index (χ0n) is 11.6. The van der Waals surface area contributed by atoms with Crippen molar-refractivity contribution < 1.29 is 0 Å². The summed E-state index contributed by atoms with van der Waals surface area (Å²) in [6, 6.07) is 9.98. The molecule has 2 aromatic rings. The molecule has 1 aromatic heterocycles. The van der Waals surface area contributed by atoms with Gasteiger partial charge in [-0.3, -0.25) is 4.98 Å². The van der Waals surface area contributed by atoms with Crippen molar-refractivity contribution in [3.8, 4) is 0 Å². The highest BCUT2D eigenvalue weighted by molar-refractivity contribution is 6.35. The average molecular weight is 309 g/mol. The number of aromatic nitrogens is 1. The Morgan fingerprint density at radius 1 is 1.20 bits per heavy atom. The highest BCUT2D eigenvalue weighted by Crippen LogP contribution is 2.29. The van der Waals surface area contributed by atoms with Crippen LogP contribution in [0.2, 0.25) is 10.0 Å². The van der Waals surface area contributed by atoms with Crippen LogP contribution in [0.25, 0.3) is 0 Å².